The van der Waals surface area contributed by atoms with Gasteiger partial charge in [-0.15, -0.1) is 0 Å². The Bertz CT molecular complexity index is 1080. The second kappa shape index (κ2) is 11.3. The van der Waals surface area contributed by atoms with Crippen LogP contribution in [0.15, 0.2) is 84.9 Å². The summed E-state index contributed by atoms with van der Waals surface area (Å²) >= 11 is 0. The van der Waals surface area contributed by atoms with Crippen molar-refractivity contribution in [2.24, 2.45) is 0 Å². The quantitative estimate of drug-likeness (QED) is 0.291. The van der Waals surface area contributed by atoms with E-state index in [0.717, 1.165) is 36.0 Å². The molecule has 1 fully saturated rings. The minimum atomic E-state index is -0.342. The van der Waals surface area contributed by atoms with Crippen LogP contribution in [0.2, 0.25) is 0 Å². The molecule has 1 aliphatic heterocycles. The topological polar surface area (TPSA) is 46.6 Å². The molecular formula is C30H33NO3. The average molecular weight is 456 g/mol. The number of esters is 1. The highest BCUT2D eigenvalue weighted by Crippen LogP contribution is 2.33. The normalized spacial score (nSPS) is 19.4. The van der Waals surface area contributed by atoms with Gasteiger partial charge in [0.05, 0.1) is 5.56 Å². The molecule has 34 heavy (non-hydrogen) atoms. The van der Waals surface area contributed by atoms with Gasteiger partial charge in [0.2, 0.25) is 0 Å². The van der Waals surface area contributed by atoms with Crippen molar-refractivity contribution in [3.05, 3.63) is 107 Å². The minimum absolute atomic E-state index is 0.184. The van der Waals surface area contributed by atoms with Crippen LogP contribution in [0.25, 0.3) is 0 Å². The lowest BCUT2D eigenvalue weighted by molar-refractivity contribution is 0.0116. The van der Waals surface area contributed by atoms with Gasteiger partial charge in [-0.05, 0) is 44.5 Å². The molecule has 0 saturated carbocycles. The summed E-state index contributed by atoms with van der Waals surface area (Å²) < 4.78 is 6.07. The Kier molecular flexibility index (Phi) is 7.91. The number of carbonyl (C=O) groups is 2. The van der Waals surface area contributed by atoms with E-state index in [1.165, 1.54) is 0 Å². The number of Topliss-reactive ketones (excluding diaryl/α,β-unsaturated/α-hetero) is 1. The molecule has 1 saturated heterocycles. The SMILES string of the molecule is Cc1ccc(C(=O)O[C@@H](C[C@@H]2CCC[C@H](CC(=O)c3ccccc3)N2C)c2ccccc2)cc1. The third kappa shape index (κ3) is 6.00. The highest BCUT2D eigenvalue weighted by atomic mass is 16.5. The molecule has 3 aromatic rings. The summed E-state index contributed by atoms with van der Waals surface area (Å²) in [6.07, 6.45) is 3.97. The summed E-state index contributed by atoms with van der Waals surface area (Å²) in [6.45, 7) is 2.00. The summed E-state index contributed by atoms with van der Waals surface area (Å²) in [4.78, 5) is 28.1. The first-order chi connectivity index (χ1) is 16.5. The molecule has 0 amide bonds. The van der Waals surface area contributed by atoms with E-state index in [4.69, 9.17) is 4.74 Å². The van der Waals surface area contributed by atoms with Crippen molar-refractivity contribution in [3.8, 4) is 0 Å². The van der Waals surface area contributed by atoms with E-state index in [9.17, 15) is 9.59 Å². The highest BCUT2D eigenvalue weighted by molar-refractivity contribution is 5.96. The lowest BCUT2D eigenvalue weighted by Crippen LogP contribution is -2.45. The Morgan fingerprint density at radius 2 is 1.47 bits per heavy atom. The Morgan fingerprint density at radius 1 is 0.853 bits per heavy atom. The molecule has 0 N–H and O–H groups in total. The largest absolute Gasteiger partial charge is 0.454 e. The predicted molar refractivity (Wildman–Crippen MR) is 135 cm³/mol. The summed E-state index contributed by atoms with van der Waals surface area (Å²) in [7, 11) is 2.11. The number of aryl methyl sites for hydroxylation is 1. The lowest BCUT2D eigenvalue weighted by atomic mass is 9.88. The fourth-order valence-electron chi connectivity index (χ4n) is 4.83. The van der Waals surface area contributed by atoms with E-state index < -0.39 is 0 Å². The number of piperidine rings is 1. The maximum Gasteiger partial charge on any atom is 0.338 e. The van der Waals surface area contributed by atoms with E-state index in [0.29, 0.717) is 18.4 Å². The molecule has 0 aliphatic carbocycles. The number of hydrogen-bond acceptors (Lipinski definition) is 4. The molecule has 0 unspecified atom stereocenters. The summed E-state index contributed by atoms with van der Waals surface area (Å²) in [6, 6.07) is 27.4. The van der Waals surface area contributed by atoms with Crippen LogP contribution < -0.4 is 0 Å². The molecule has 4 rings (SSSR count). The minimum Gasteiger partial charge on any atom is -0.454 e. The van der Waals surface area contributed by atoms with E-state index in [-0.39, 0.29) is 29.9 Å². The van der Waals surface area contributed by atoms with Crippen LogP contribution in [0, 0.1) is 6.92 Å². The van der Waals surface area contributed by atoms with Gasteiger partial charge in [0, 0.05) is 30.5 Å². The Labute approximate surface area is 202 Å². The molecule has 4 heteroatoms. The fraction of sp³-hybridized carbons (Fsp3) is 0.333. The third-order valence-corrected chi connectivity index (χ3v) is 6.94. The monoisotopic (exact) mass is 455 g/mol. The van der Waals surface area contributed by atoms with E-state index in [2.05, 4.69) is 11.9 Å². The standard InChI is InChI=1S/C30H33NO3/c1-22-16-18-25(19-17-22)30(33)34-29(24-12-7-4-8-13-24)21-27-15-9-14-26(31(27)2)20-28(32)23-10-5-3-6-11-23/h3-8,10-13,16-19,26-27,29H,9,14-15,20-21H2,1-2H3/t26-,27+,29+/m1/s1. The second-order valence-corrected chi connectivity index (χ2v) is 9.30. The highest BCUT2D eigenvalue weighted by Gasteiger charge is 2.32. The van der Waals surface area contributed by atoms with Crippen molar-refractivity contribution in [1.82, 2.24) is 4.90 Å². The third-order valence-electron chi connectivity index (χ3n) is 6.94. The summed E-state index contributed by atoms with van der Waals surface area (Å²) in [5.74, 6) is -0.119. The zero-order valence-corrected chi connectivity index (χ0v) is 20.0. The van der Waals surface area contributed by atoms with Gasteiger partial charge in [0.25, 0.3) is 0 Å². The fourth-order valence-corrected chi connectivity index (χ4v) is 4.83. The molecule has 3 aromatic carbocycles. The van der Waals surface area contributed by atoms with E-state index >= 15 is 0 Å². The van der Waals surface area contributed by atoms with Crippen LogP contribution in [0.3, 0.4) is 0 Å². The first kappa shape index (κ1) is 23.9. The molecule has 0 bridgehead atoms. The number of carbonyl (C=O) groups excluding carboxylic acids is 2. The summed E-state index contributed by atoms with van der Waals surface area (Å²) in [5, 5.41) is 0. The lowest BCUT2D eigenvalue weighted by Gasteiger charge is -2.40. The van der Waals surface area contributed by atoms with Crippen LogP contribution in [0.1, 0.15) is 70.1 Å². The van der Waals surface area contributed by atoms with Crippen LogP contribution in [-0.2, 0) is 4.74 Å². The van der Waals surface area contributed by atoms with Gasteiger partial charge in [-0.3, -0.25) is 9.69 Å². The maximum absolute atomic E-state index is 12.9. The van der Waals surface area contributed by atoms with Crippen molar-refractivity contribution in [3.63, 3.8) is 0 Å². The average Bonchev–Trinajstić information content (AvgIpc) is 2.87. The van der Waals surface area contributed by atoms with Gasteiger partial charge in [0.1, 0.15) is 6.10 Å². The van der Waals surface area contributed by atoms with Crippen molar-refractivity contribution in [2.75, 3.05) is 7.05 Å². The zero-order chi connectivity index (χ0) is 23.9. The van der Waals surface area contributed by atoms with Crippen molar-refractivity contribution in [1.29, 1.82) is 0 Å². The first-order valence-electron chi connectivity index (χ1n) is 12.1. The van der Waals surface area contributed by atoms with Gasteiger partial charge < -0.3 is 4.74 Å². The Balaban J connectivity index is 1.47. The van der Waals surface area contributed by atoms with Gasteiger partial charge in [-0.2, -0.15) is 0 Å². The predicted octanol–water partition coefficient (Wildman–Crippen LogP) is 6.41. The maximum atomic E-state index is 12.9. The molecule has 0 radical (unpaired) electrons. The smallest absolute Gasteiger partial charge is 0.338 e. The van der Waals surface area contributed by atoms with Gasteiger partial charge in [-0.25, -0.2) is 4.79 Å². The van der Waals surface area contributed by atoms with Crippen LogP contribution in [0.4, 0.5) is 0 Å². The van der Waals surface area contributed by atoms with Crippen molar-refractivity contribution >= 4 is 11.8 Å². The van der Waals surface area contributed by atoms with E-state index in [1.807, 2.05) is 91.9 Å². The molecule has 176 valence electrons. The number of likely N-dealkylation sites (tertiary alicyclic amines) is 1. The molecule has 0 aromatic heterocycles. The zero-order valence-electron chi connectivity index (χ0n) is 20.0. The van der Waals surface area contributed by atoms with Gasteiger partial charge >= 0.3 is 5.97 Å². The number of ketones is 1. The van der Waals surface area contributed by atoms with Crippen LogP contribution in [0.5, 0.6) is 0 Å². The molecule has 4 nitrogen and oxygen atoms in total. The molecular weight excluding hydrogens is 422 g/mol. The number of hydrogen-bond donors (Lipinski definition) is 0. The van der Waals surface area contributed by atoms with E-state index in [1.54, 1.807) is 0 Å². The molecule has 1 heterocycles. The molecule has 3 atom stereocenters. The first-order valence-corrected chi connectivity index (χ1v) is 12.1. The molecule has 0 spiro atoms. The van der Waals surface area contributed by atoms with Crippen molar-refractivity contribution < 1.29 is 14.3 Å². The number of rotatable bonds is 8. The van der Waals surface area contributed by atoms with Gasteiger partial charge in [-0.1, -0.05) is 84.8 Å². The van der Waals surface area contributed by atoms with Crippen LogP contribution >= 0.6 is 0 Å². The van der Waals surface area contributed by atoms with Crippen LogP contribution in [-0.4, -0.2) is 35.8 Å². The van der Waals surface area contributed by atoms with Crippen molar-refractivity contribution in [2.45, 2.75) is 57.2 Å². The second-order valence-electron chi connectivity index (χ2n) is 9.30. The summed E-state index contributed by atoms with van der Waals surface area (Å²) in [5.41, 5.74) is 3.44. The number of benzene rings is 3. The van der Waals surface area contributed by atoms with Gasteiger partial charge in [0.15, 0.2) is 5.78 Å². The molecule has 1 aliphatic rings. The Hall–Kier alpha value is -3.24. The number of nitrogens with zero attached hydrogens (tertiary/aromatic N) is 1. The number of ether oxygens (including phenoxy) is 1. The Morgan fingerprint density at radius 3 is 2.15 bits per heavy atom.